The number of Topliss-reactive ketones (excluding diaryl/α,β-unsaturated/α-hetero) is 1. The zero-order valence-corrected chi connectivity index (χ0v) is 12.8. The van der Waals surface area contributed by atoms with E-state index in [1.807, 2.05) is 0 Å². The SMILES string of the molecule is N[C@H](C(=O)CC(Cc1ccc(F)c(F)c1)C(=O)O)c1ccccc1. The zero-order chi connectivity index (χ0) is 17.7. The minimum atomic E-state index is -1.19. The molecule has 0 spiro atoms. The maximum absolute atomic E-state index is 13.2. The number of benzene rings is 2. The third-order valence-electron chi connectivity index (χ3n) is 3.77. The molecule has 0 aliphatic carbocycles. The molecular weight excluding hydrogens is 316 g/mol. The fourth-order valence-corrected chi connectivity index (χ4v) is 2.41. The Bertz CT molecular complexity index is 734. The van der Waals surface area contributed by atoms with Gasteiger partial charge in [-0.2, -0.15) is 0 Å². The van der Waals surface area contributed by atoms with E-state index in [4.69, 9.17) is 5.73 Å². The number of hydrogen-bond acceptors (Lipinski definition) is 3. The van der Waals surface area contributed by atoms with Gasteiger partial charge in [0, 0.05) is 6.42 Å². The Balaban J connectivity index is 2.09. The first-order valence-corrected chi connectivity index (χ1v) is 7.38. The Morgan fingerprint density at radius 3 is 2.29 bits per heavy atom. The molecule has 0 amide bonds. The van der Waals surface area contributed by atoms with Gasteiger partial charge in [-0.3, -0.25) is 9.59 Å². The summed E-state index contributed by atoms with van der Waals surface area (Å²) in [5.41, 5.74) is 6.78. The third kappa shape index (κ3) is 4.45. The fourth-order valence-electron chi connectivity index (χ4n) is 2.41. The Kier molecular flexibility index (Phi) is 5.76. The van der Waals surface area contributed by atoms with E-state index in [0.717, 1.165) is 12.1 Å². The van der Waals surface area contributed by atoms with Crippen LogP contribution in [0.1, 0.15) is 23.6 Å². The van der Waals surface area contributed by atoms with Gasteiger partial charge in [-0.15, -0.1) is 0 Å². The van der Waals surface area contributed by atoms with Gasteiger partial charge in [-0.1, -0.05) is 36.4 Å². The normalized spacial score (nSPS) is 13.3. The molecule has 0 radical (unpaired) electrons. The van der Waals surface area contributed by atoms with Crippen molar-refractivity contribution >= 4 is 11.8 Å². The van der Waals surface area contributed by atoms with Crippen LogP contribution in [-0.4, -0.2) is 16.9 Å². The van der Waals surface area contributed by atoms with Gasteiger partial charge >= 0.3 is 5.97 Å². The number of carbonyl (C=O) groups excluding carboxylic acids is 1. The van der Waals surface area contributed by atoms with Gasteiger partial charge in [0.05, 0.1) is 12.0 Å². The van der Waals surface area contributed by atoms with E-state index in [9.17, 15) is 23.5 Å². The standard InChI is InChI=1S/C18H17F2NO3/c19-14-7-6-11(9-15(14)20)8-13(18(23)24)10-16(22)17(21)12-4-2-1-3-5-12/h1-7,9,13,17H,8,10,21H2,(H,23,24)/t13?,17-/m0/s1. The smallest absolute Gasteiger partial charge is 0.307 e. The van der Waals surface area contributed by atoms with Crippen LogP contribution >= 0.6 is 0 Å². The Morgan fingerprint density at radius 1 is 1.04 bits per heavy atom. The molecule has 4 nitrogen and oxygen atoms in total. The van der Waals surface area contributed by atoms with E-state index < -0.39 is 35.3 Å². The predicted molar refractivity (Wildman–Crippen MR) is 84.2 cm³/mol. The van der Waals surface area contributed by atoms with Gasteiger partial charge in [0.2, 0.25) is 0 Å². The van der Waals surface area contributed by atoms with Crippen molar-refractivity contribution in [2.75, 3.05) is 0 Å². The van der Waals surface area contributed by atoms with E-state index in [-0.39, 0.29) is 12.8 Å². The molecule has 2 rings (SSSR count). The number of aliphatic carboxylic acids is 1. The Labute approximate surface area is 137 Å². The van der Waals surface area contributed by atoms with Crippen LogP contribution in [0.15, 0.2) is 48.5 Å². The Hall–Kier alpha value is -2.60. The van der Waals surface area contributed by atoms with Gasteiger partial charge in [-0.05, 0) is 29.7 Å². The van der Waals surface area contributed by atoms with Gasteiger partial charge in [0.25, 0.3) is 0 Å². The van der Waals surface area contributed by atoms with Gasteiger partial charge in [-0.25, -0.2) is 8.78 Å². The van der Waals surface area contributed by atoms with Crippen LogP contribution in [0.2, 0.25) is 0 Å². The first-order valence-electron chi connectivity index (χ1n) is 7.38. The molecule has 0 aliphatic heterocycles. The molecule has 0 saturated carbocycles. The van der Waals surface area contributed by atoms with E-state index in [2.05, 4.69) is 0 Å². The lowest BCUT2D eigenvalue weighted by molar-refractivity contribution is -0.143. The summed E-state index contributed by atoms with van der Waals surface area (Å²) in [6.45, 7) is 0. The molecule has 3 N–H and O–H groups in total. The lowest BCUT2D eigenvalue weighted by atomic mass is 9.90. The van der Waals surface area contributed by atoms with Crippen LogP contribution in [0.5, 0.6) is 0 Å². The summed E-state index contributed by atoms with van der Waals surface area (Å²) in [5.74, 6) is -4.72. The second-order valence-corrected chi connectivity index (χ2v) is 5.55. The summed E-state index contributed by atoms with van der Waals surface area (Å²) < 4.78 is 26.2. The minimum Gasteiger partial charge on any atom is -0.481 e. The lowest BCUT2D eigenvalue weighted by Gasteiger charge is -2.16. The molecule has 0 aromatic heterocycles. The highest BCUT2D eigenvalue weighted by molar-refractivity contribution is 5.88. The quantitative estimate of drug-likeness (QED) is 0.816. The molecule has 0 heterocycles. The molecule has 1 unspecified atom stereocenters. The summed E-state index contributed by atoms with van der Waals surface area (Å²) in [6, 6.07) is 10.9. The molecule has 0 bridgehead atoms. The van der Waals surface area contributed by atoms with Crippen LogP contribution in [-0.2, 0) is 16.0 Å². The van der Waals surface area contributed by atoms with Crippen molar-refractivity contribution in [3.63, 3.8) is 0 Å². The first-order chi connectivity index (χ1) is 11.4. The monoisotopic (exact) mass is 333 g/mol. The molecule has 126 valence electrons. The van der Waals surface area contributed by atoms with E-state index in [0.29, 0.717) is 11.1 Å². The Morgan fingerprint density at radius 2 is 1.71 bits per heavy atom. The summed E-state index contributed by atoms with van der Waals surface area (Å²) in [7, 11) is 0. The molecule has 6 heteroatoms. The van der Waals surface area contributed by atoms with Crippen molar-refractivity contribution in [1.29, 1.82) is 0 Å². The van der Waals surface area contributed by atoms with Gasteiger partial charge in [0.1, 0.15) is 0 Å². The van der Waals surface area contributed by atoms with E-state index in [1.54, 1.807) is 30.3 Å². The van der Waals surface area contributed by atoms with Crippen molar-refractivity contribution in [3.8, 4) is 0 Å². The average Bonchev–Trinajstić information content (AvgIpc) is 2.57. The highest BCUT2D eigenvalue weighted by atomic mass is 19.2. The minimum absolute atomic E-state index is 0.0835. The molecular formula is C18H17F2NO3. The van der Waals surface area contributed by atoms with Crippen molar-refractivity contribution in [1.82, 2.24) is 0 Å². The number of carboxylic acids is 1. The largest absolute Gasteiger partial charge is 0.481 e. The van der Waals surface area contributed by atoms with Crippen molar-refractivity contribution in [2.24, 2.45) is 11.7 Å². The molecule has 2 atom stereocenters. The number of nitrogens with two attached hydrogens (primary N) is 1. The van der Waals surface area contributed by atoms with Crippen molar-refractivity contribution < 1.29 is 23.5 Å². The maximum Gasteiger partial charge on any atom is 0.307 e. The van der Waals surface area contributed by atoms with Crippen LogP contribution in [0.4, 0.5) is 8.78 Å². The topological polar surface area (TPSA) is 80.4 Å². The second kappa shape index (κ2) is 7.79. The number of hydrogen-bond donors (Lipinski definition) is 2. The average molecular weight is 333 g/mol. The fraction of sp³-hybridized carbons (Fsp3) is 0.222. The highest BCUT2D eigenvalue weighted by Gasteiger charge is 2.25. The zero-order valence-electron chi connectivity index (χ0n) is 12.8. The summed E-state index contributed by atoms with van der Waals surface area (Å²) in [5, 5.41) is 9.30. The number of ketones is 1. The van der Waals surface area contributed by atoms with Crippen LogP contribution < -0.4 is 5.73 Å². The third-order valence-corrected chi connectivity index (χ3v) is 3.77. The van der Waals surface area contributed by atoms with Crippen LogP contribution in [0.3, 0.4) is 0 Å². The summed E-state index contributed by atoms with van der Waals surface area (Å²) in [4.78, 5) is 23.6. The van der Waals surface area contributed by atoms with Crippen LogP contribution in [0, 0.1) is 17.6 Å². The maximum atomic E-state index is 13.2. The number of carbonyl (C=O) groups is 2. The molecule has 0 aliphatic rings. The molecule has 0 fully saturated rings. The second-order valence-electron chi connectivity index (χ2n) is 5.55. The number of rotatable bonds is 7. The number of carboxylic acid groups (broad SMARTS) is 1. The van der Waals surface area contributed by atoms with E-state index >= 15 is 0 Å². The summed E-state index contributed by atoms with van der Waals surface area (Å²) in [6.07, 6.45) is -0.371. The number of halogens is 2. The summed E-state index contributed by atoms with van der Waals surface area (Å²) >= 11 is 0. The lowest BCUT2D eigenvalue weighted by Crippen LogP contribution is -2.27. The van der Waals surface area contributed by atoms with Gasteiger partial charge < -0.3 is 10.8 Å². The first kappa shape index (κ1) is 17.7. The van der Waals surface area contributed by atoms with E-state index in [1.165, 1.54) is 6.07 Å². The molecule has 24 heavy (non-hydrogen) atoms. The molecule has 2 aromatic rings. The molecule has 0 saturated heterocycles. The molecule has 2 aromatic carbocycles. The van der Waals surface area contributed by atoms with Crippen molar-refractivity contribution in [3.05, 3.63) is 71.3 Å². The van der Waals surface area contributed by atoms with Crippen LogP contribution in [0.25, 0.3) is 0 Å². The highest BCUT2D eigenvalue weighted by Crippen LogP contribution is 2.20. The van der Waals surface area contributed by atoms with Gasteiger partial charge in [0.15, 0.2) is 17.4 Å². The van der Waals surface area contributed by atoms with Crippen molar-refractivity contribution in [2.45, 2.75) is 18.9 Å². The predicted octanol–water partition coefficient (Wildman–Crippen LogP) is 2.87.